The Bertz CT molecular complexity index is 1770. The smallest absolute Gasteiger partial charge is 0.344 e. The van der Waals surface area contributed by atoms with Crippen LogP contribution in [0.1, 0.15) is 57.2 Å². The first-order valence-electron chi connectivity index (χ1n) is 13.9. The molecule has 0 fully saturated rings. The number of para-hydroxylation sites is 1. The van der Waals surface area contributed by atoms with E-state index in [2.05, 4.69) is 50.8 Å². The van der Waals surface area contributed by atoms with Crippen LogP contribution in [0.3, 0.4) is 0 Å². The van der Waals surface area contributed by atoms with Crippen molar-refractivity contribution >= 4 is 54.9 Å². The first-order chi connectivity index (χ1) is 20.5. The lowest BCUT2D eigenvalue weighted by atomic mass is 9.96. The number of carboxylic acid groups (broad SMARTS) is 1. The molecule has 3 aromatic carbocycles. The molecule has 1 atom stereocenters. The van der Waals surface area contributed by atoms with Gasteiger partial charge in [0.1, 0.15) is 5.75 Å². The third-order valence-electron chi connectivity index (χ3n) is 6.68. The summed E-state index contributed by atoms with van der Waals surface area (Å²) in [6, 6.07) is 12.8. The molecule has 4 rings (SSSR count). The third-order valence-corrected chi connectivity index (χ3v) is 8.83. The van der Waals surface area contributed by atoms with Crippen molar-refractivity contribution < 1.29 is 24.1 Å². The van der Waals surface area contributed by atoms with Crippen LogP contribution >= 0.6 is 31.9 Å². The number of carbonyl (C=O) groups is 1. The summed E-state index contributed by atoms with van der Waals surface area (Å²) in [5.74, 6) is 0.793. The molecule has 226 valence electrons. The van der Waals surface area contributed by atoms with Gasteiger partial charge in [-0.25, -0.2) is 9.78 Å². The maximum Gasteiger partial charge on any atom is 0.344 e. The van der Waals surface area contributed by atoms with Crippen LogP contribution in [0.25, 0.3) is 22.3 Å². The SMILES string of the molecule is CCOc1cc(C)c(-c2nc3ccccc3c(=O)n2N=Cc2cc(OCC)c(O[C@@H](C)C(=O)O)c(Br)c2Br)cc1C(C)C. The molecule has 9 nitrogen and oxygen atoms in total. The quantitative estimate of drug-likeness (QED) is 0.160. The van der Waals surface area contributed by atoms with Gasteiger partial charge in [0.15, 0.2) is 23.4 Å². The molecule has 0 spiro atoms. The second kappa shape index (κ2) is 13.7. The summed E-state index contributed by atoms with van der Waals surface area (Å²) < 4.78 is 19.7. The predicted octanol–water partition coefficient (Wildman–Crippen LogP) is 7.55. The van der Waals surface area contributed by atoms with Crippen LogP contribution in [0.15, 0.2) is 61.3 Å². The van der Waals surface area contributed by atoms with Crippen LogP contribution in [0, 0.1) is 6.92 Å². The van der Waals surface area contributed by atoms with E-state index in [-0.39, 0.29) is 17.2 Å². The van der Waals surface area contributed by atoms with Gasteiger partial charge < -0.3 is 19.3 Å². The van der Waals surface area contributed by atoms with Crippen molar-refractivity contribution in [1.29, 1.82) is 0 Å². The lowest BCUT2D eigenvalue weighted by Crippen LogP contribution is -2.23. The van der Waals surface area contributed by atoms with Crippen LogP contribution in [-0.4, -0.2) is 46.3 Å². The Morgan fingerprint density at radius 1 is 1.05 bits per heavy atom. The summed E-state index contributed by atoms with van der Waals surface area (Å²) in [6.07, 6.45) is 0.413. The molecule has 1 N–H and O–H groups in total. The van der Waals surface area contributed by atoms with Gasteiger partial charge in [0.2, 0.25) is 0 Å². The molecule has 11 heteroatoms. The highest BCUT2D eigenvalue weighted by Gasteiger charge is 2.23. The van der Waals surface area contributed by atoms with Crippen molar-refractivity contribution in [1.82, 2.24) is 9.66 Å². The monoisotopic (exact) mass is 713 g/mol. The van der Waals surface area contributed by atoms with Crippen molar-refractivity contribution in [3.63, 3.8) is 0 Å². The number of aliphatic carboxylic acids is 1. The zero-order valence-electron chi connectivity index (χ0n) is 24.8. The van der Waals surface area contributed by atoms with E-state index in [1.807, 2.05) is 39.0 Å². The van der Waals surface area contributed by atoms with E-state index in [9.17, 15) is 14.7 Å². The average Bonchev–Trinajstić information content (AvgIpc) is 2.97. The standard InChI is InChI=1S/C32H33Br2N3O6/c1-7-41-25-13-18(5)23(15-22(25)17(3)4)30-36-24-12-10-9-11-21(24)31(38)37(30)35-16-20-14-26(42-8-2)29(28(34)27(20)33)43-19(6)32(39)40/h9-17,19H,7-8H2,1-6H3,(H,39,40)/t19-/m0/s1. The largest absolute Gasteiger partial charge is 0.494 e. The fourth-order valence-corrected chi connectivity index (χ4v) is 5.41. The molecule has 0 aliphatic carbocycles. The zero-order valence-corrected chi connectivity index (χ0v) is 27.9. The minimum atomic E-state index is -1.11. The Morgan fingerprint density at radius 2 is 1.72 bits per heavy atom. The number of aromatic nitrogens is 2. The van der Waals surface area contributed by atoms with Gasteiger partial charge in [0.25, 0.3) is 5.56 Å². The normalized spacial score (nSPS) is 12.2. The molecule has 43 heavy (non-hydrogen) atoms. The lowest BCUT2D eigenvalue weighted by molar-refractivity contribution is -0.144. The number of hydrogen-bond donors (Lipinski definition) is 1. The summed E-state index contributed by atoms with van der Waals surface area (Å²) in [5, 5.41) is 14.4. The molecule has 0 aliphatic rings. The minimum Gasteiger partial charge on any atom is -0.494 e. The highest BCUT2D eigenvalue weighted by Crippen LogP contribution is 2.43. The lowest BCUT2D eigenvalue weighted by Gasteiger charge is -2.19. The van der Waals surface area contributed by atoms with E-state index in [0.717, 1.165) is 22.4 Å². The number of ether oxygens (including phenoxy) is 3. The Morgan fingerprint density at radius 3 is 2.37 bits per heavy atom. The zero-order chi connectivity index (χ0) is 31.4. The van der Waals surface area contributed by atoms with Gasteiger partial charge in [0.05, 0.1) is 34.8 Å². The maximum absolute atomic E-state index is 13.9. The number of benzene rings is 3. The van der Waals surface area contributed by atoms with Crippen LogP contribution < -0.4 is 19.8 Å². The Balaban J connectivity index is 1.94. The fraction of sp³-hybridized carbons (Fsp3) is 0.312. The highest BCUT2D eigenvalue weighted by molar-refractivity contribution is 9.13. The molecule has 0 bridgehead atoms. The van der Waals surface area contributed by atoms with Gasteiger partial charge in [-0.3, -0.25) is 4.79 Å². The molecule has 0 amide bonds. The summed E-state index contributed by atoms with van der Waals surface area (Å²) in [6.45, 7) is 12.2. The molecular weight excluding hydrogens is 682 g/mol. The molecule has 1 aromatic heterocycles. The summed E-state index contributed by atoms with van der Waals surface area (Å²) in [4.78, 5) is 30.2. The van der Waals surface area contributed by atoms with E-state index in [1.165, 1.54) is 17.8 Å². The minimum absolute atomic E-state index is 0.167. The predicted molar refractivity (Wildman–Crippen MR) is 175 cm³/mol. The molecule has 0 saturated carbocycles. The number of carboxylic acids is 1. The number of hydrogen-bond acceptors (Lipinski definition) is 7. The van der Waals surface area contributed by atoms with Crippen LogP contribution in [0.2, 0.25) is 0 Å². The molecule has 0 saturated heterocycles. The molecule has 0 radical (unpaired) electrons. The Labute approximate surface area is 266 Å². The number of rotatable bonds is 11. The number of aryl methyl sites for hydroxylation is 1. The van der Waals surface area contributed by atoms with Gasteiger partial charge in [0, 0.05) is 15.6 Å². The van der Waals surface area contributed by atoms with E-state index in [1.54, 1.807) is 24.3 Å². The summed E-state index contributed by atoms with van der Waals surface area (Å²) in [7, 11) is 0. The Kier molecular flexibility index (Phi) is 10.3. The second-order valence-electron chi connectivity index (χ2n) is 10.1. The summed E-state index contributed by atoms with van der Waals surface area (Å²) >= 11 is 7.07. The van der Waals surface area contributed by atoms with Gasteiger partial charge >= 0.3 is 5.97 Å². The fourth-order valence-electron chi connectivity index (χ4n) is 4.49. The van der Waals surface area contributed by atoms with Gasteiger partial charge in [-0.2, -0.15) is 9.78 Å². The van der Waals surface area contributed by atoms with E-state index < -0.39 is 12.1 Å². The molecule has 0 aliphatic heterocycles. The van der Waals surface area contributed by atoms with E-state index in [4.69, 9.17) is 19.2 Å². The number of fused-ring (bicyclic) bond motifs is 1. The van der Waals surface area contributed by atoms with Gasteiger partial charge in [-0.1, -0.05) is 26.0 Å². The Hall–Kier alpha value is -3.70. The third kappa shape index (κ3) is 6.78. The van der Waals surface area contributed by atoms with Crippen molar-refractivity contribution in [3.05, 3.63) is 78.5 Å². The van der Waals surface area contributed by atoms with Crippen molar-refractivity contribution in [2.24, 2.45) is 5.10 Å². The molecule has 1 heterocycles. The first-order valence-corrected chi connectivity index (χ1v) is 15.4. The molecule has 0 unspecified atom stereocenters. The summed E-state index contributed by atoms with van der Waals surface area (Å²) in [5.41, 5.74) is 3.43. The van der Waals surface area contributed by atoms with E-state index >= 15 is 0 Å². The van der Waals surface area contributed by atoms with Crippen molar-refractivity contribution in [3.8, 4) is 28.6 Å². The molecule has 4 aromatic rings. The maximum atomic E-state index is 13.9. The molecular formula is C32H33Br2N3O6. The van der Waals surface area contributed by atoms with Crippen molar-refractivity contribution in [2.75, 3.05) is 13.2 Å². The van der Waals surface area contributed by atoms with Crippen LogP contribution in [0.5, 0.6) is 17.2 Å². The first kappa shape index (κ1) is 32.2. The van der Waals surface area contributed by atoms with Crippen molar-refractivity contribution in [2.45, 2.75) is 53.6 Å². The number of halogens is 2. The van der Waals surface area contributed by atoms with Crippen LogP contribution in [0.4, 0.5) is 0 Å². The van der Waals surface area contributed by atoms with E-state index in [0.29, 0.717) is 50.2 Å². The number of nitrogens with zero attached hydrogens (tertiary/aromatic N) is 3. The highest BCUT2D eigenvalue weighted by atomic mass is 79.9. The second-order valence-corrected chi connectivity index (χ2v) is 11.6. The van der Waals surface area contributed by atoms with Gasteiger partial charge in [-0.15, -0.1) is 0 Å². The topological polar surface area (TPSA) is 112 Å². The average molecular weight is 715 g/mol. The van der Waals surface area contributed by atoms with Crippen LogP contribution in [-0.2, 0) is 4.79 Å². The van der Waals surface area contributed by atoms with Gasteiger partial charge in [-0.05, 0) is 107 Å².